The van der Waals surface area contributed by atoms with E-state index in [1.807, 2.05) is 31.2 Å². The summed E-state index contributed by atoms with van der Waals surface area (Å²) in [5.41, 5.74) is 1.86. The average molecular weight is 254 g/mol. The molecule has 0 unspecified atom stereocenters. The minimum Gasteiger partial charge on any atom is -0.293 e. The van der Waals surface area contributed by atoms with Gasteiger partial charge in [-0.1, -0.05) is 40.2 Å². The van der Waals surface area contributed by atoms with Gasteiger partial charge in [0.1, 0.15) is 0 Å². The summed E-state index contributed by atoms with van der Waals surface area (Å²) < 4.78 is 0. The second-order valence-corrected chi connectivity index (χ2v) is 3.41. The van der Waals surface area contributed by atoms with Crippen LogP contribution in [0.15, 0.2) is 29.3 Å². The summed E-state index contributed by atoms with van der Waals surface area (Å²) in [6.45, 7) is 2.57. The topological polar surface area (TPSA) is 29.4 Å². The summed E-state index contributed by atoms with van der Waals surface area (Å²) in [6.07, 6.45) is 1.78. The van der Waals surface area contributed by atoms with Gasteiger partial charge >= 0.3 is 0 Å². The Balaban J connectivity index is 2.73. The average Bonchev–Trinajstić information content (AvgIpc) is 2.26. The lowest BCUT2D eigenvalue weighted by Gasteiger charge is -1.99. The van der Waals surface area contributed by atoms with Crippen LogP contribution in [0.25, 0.3) is 0 Å². The Morgan fingerprint density at radius 1 is 1.43 bits per heavy atom. The number of aliphatic imine (C=N–C) groups is 1. The number of benzene rings is 1. The first-order valence-corrected chi connectivity index (χ1v) is 5.52. The molecule has 0 atom stereocenters. The number of nitrogens with zero attached hydrogens (tertiary/aromatic N) is 1. The van der Waals surface area contributed by atoms with Gasteiger partial charge in [0, 0.05) is 5.56 Å². The van der Waals surface area contributed by atoms with Crippen LogP contribution in [0, 0.1) is 0 Å². The Hall–Kier alpha value is -0.960. The number of halogens is 1. The molecule has 2 nitrogen and oxygen atoms in total. The van der Waals surface area contributed by atoms with E-state index >= 15 is 0 Å². The first kappa shape index (κ1) is 11.1. The van der Waals surface area contributed by atoms with E-state index < -0.39 is 0 Å². The van der Waals surface area contributed by atoms with E-state index in [4.69, 9.17) is 0 Å². The van der Waals surface area contributed by atoms with Crippen LogP contribution in [0.5, 0.6) is 0 Å². The van der Waals surface area contributed by atoms with Gasteiger partial charge in [-0.2, -0.15) is 0 Å². The van der Waals surface area contributed by atoms with Crippen molar-refractivity contribution in [2.75, 3.05) is 5.33 Å². The third-order valence-electron chi connectivity index (χ3n) is 1.85. The van der Waals surface area contributed by atoms with Crippen molar-refractivity contribution in [3.8, 4) is 0 Å². The van der Waals surface area contributed by atoms with Crippen molar-refractivity contribution in [1.29, 1.82) is 0 Å². The third-order valence-corrected chi connectivity index (χ3v) is 2.36. The third kappa shape index (κ3) is 3.07. The van der Waals surface area contributed by atoms with Gasteiger partial charge in [-0.25, -0.2) is 0 Å². The van der Waals surface area contributed by atoms with Crippen molar-refractivity contribution < 1.29 is 4.79 Å². The minimum absolute atomic E-state index is 0.107. The van der Waals surface area contributed by atoms with Crippen LogP contribution < -0.4 is 0 Å². The van der Waals surface area contributed by atoms with Crippen molar-refractivity contribution in [1.82, 2.24) is 0 Å². The second kappa shape index (κ2) is 5.70. The van der Waals surface area contributed by atoms with E-state index in [0.717, 1.165) is 11.1 Å². The predicted octanol–water partition coefficient (Wildman–Crippen LogP) is 2.85. The number of hydrogen-bond acceptors (Lipinski definition) is 2. The number of alkyl halides is 1. The SMILES string of the molecule is CC=NCc1ccc(C(=O)CBr)cc1. The summed E-state index contributed by atoms with van der Waals surface area (Å²) in [7, 11) is 0. The standard InChI is InChI=1S/C11H12BrNO/c1-2-13-8-9-3-5-10(6-4-9)11(14)7-12/h2-6H,7-8H2,1H3. The van der Waals surface area contributed by atoms with E-state index in [-0.39, 0.29) is 5.78 Å². The molecule has 0 aliphatic rings. The highest BCUT2D eigenvalue weighted by Gasteiger charge is 2.02. The van der Waals surface area contributed by atoms with Gasteiger partial charge in [0.2, 0.25) is 0 Å². The van der Waals surface area contributed by atoms with Crippen molar-refractivity contribution in [2.45, 2.75) is 13.5 Å². The molecule has 0 saturated carbocycles. The normalized spacial score (nSPS) is 10.7. The molecule has 0 bridgehead atoms. The maximum atomic E-state index is 11.3. The molecule has 0 aliphatic carbocycles. The molecule has 1 rings (SSSR count). The molecular formula is C11H12BrNO. The minimum atomic E-state index is 0.107. The smallest absolute Gasteiger partial charge is 0.173 e. The lowest BCUT2D eigenvalue weighted by molar-refractivity contribution is 0.102. The fraction of sp³-hybridized carbons (Fsp3) is 0.273. The Morgan fingerprint density at radius 3 is 2.57 bits per heavy atom. The van der Waals surface area contributed by atoms with E-state index in [2.05, 4.69) is 20.9 Å². The van der Waals surface area contributed by atoms with E-state index in [0.29, 0.717) is 11.9 Å². The van der Waals surface area contributed by atoms with Crippen LogP contribution in [-0.4, -0.2) is 17.3 Å². The first-order chi connectivity index (χ1) is 6.77. The van der Waals surface area contributed by atoms with Gasteiger partial charge in [-0.3, -0.25) is 9.79 Å². The zero-order chi connectivity index (χ0) is 10.4. The van der Waals surface area contributed by atoms with Crippen molar-refractivity contribution >= 4 is 27.9 Å². The highest BCUT2D eigenvalue weighted by molar-refractivity contribution is 9.09. The van der Waals surface area contributed by atoms with Gasteiger partial charge < -0.3 is 0 Å². The van der Waals surface area contributed by atoms with Crippen molar-refractivity contribution in [2.24, 2.45) is 4.99 Å². The Labute approximate surface area is 92.2 Å². The van der Waals surface area contributed by atoms with Crippen LogP contribution in [0.2, 0.25) is 0 Å². The van der Waals surface area contributed by atoms with E-state index in [1.165, 1.54) is 0 Å². The summed E-state index contributed by atoms with van der Waals surface area (Å²) in [5.74, 6) is 0.107. The highest BCUT2D eigenvalue weighted by atomic mass is 79.9. The van der Waals surface area contributed by atoms with Crippen LogP contribution in [-0.2, 0) is 6.54 Å². The number of rotatable bonds is 4. The lowest BCUT2D eigenvalue weighted by Crippen LogP contribution is -1.99. The number of ketones is 1. The molecule has 0 N–H and O–H groups in total. The molecule has 74 valence electrons. The molecule has 0 aromatic heterocycles. The molecule has 0 heterocycles. The van der Waals surface area contributed by atoms with Gasteiger partial charge in [0.15, 0.2) is 5.78 Å². The Kier molecular flexibility index (Phi) is 4.53. The van der Waals surface area contributed by atoms with Crippen LogP contribution >= 0.6 is 15.9 Å². The zero-order valence-corrected chi connectivity index (χ0v) is 9.62. The van der Waals surface area contributed by atoms with E-state index in [9.17, 15) is 4.79 Å². The van der Waals surface area contributed by atoms with Gasteiger partial charge in [-0.05, 0) is 18.7 Å². The van der Waals surface area contributed by atoms with Crippen LogP contribution in [0.4, 0.5) is 0 Å². The van der Waals surface area contributed by atoms with Crippen LogP contribution in [0.1, 0.15) is 22.8 Å². The molecule has 0 radical (unpaired) electrons. The molecule has 0 aliphatic heterocycles. The number of carbonyl (C=O) groups excluding carboxylic acids is 1. The summed E-state index contributed by atoms with van der Waals surface area (Å²) in [6, 6.07) is 7.54. The van der Waals surface area contributed by atoms with E-state index in [1.54, 1.807) is 6.21 Å². The fourth-order valence-electron chi connectivity index (χ4n) is 1.07. The summed E-state index contributed by atoms with van der Waals surface area (Å²) in [4.78, 5) is 15.4. The van der Waals surface area contributed by atoms with Gasteiger partial charge in [0.25, 0.3) is 0 Å². The molecule has 14 heavy (non-hydrogen) atoms. The molecule has 0 amide bonds. The van der Waals surface area contributed by atoms with Gasteiger partial charge in [-0.15, -0.1) is 0 Å². The van der Waals surface area contributed by atoms with Crippen molar-refractivity contribution in [3.05, 3.63) is 35.4 Å². The first-order valence-electron chi connectivity index (χ1n) is 4.40. The summed E-state index contributed by atoms with van der Waals surface area (Å²) in [5, 5.41) is 0.374. The molecule has 0 spiro atoms. The number of hydrogen-bond donors (Lipinski definition) is 0. The monoisotopic (exact) mass is 253 g/mol. The van der Waals surface area contributed by atoms with Gasteiger partial charge in [0.05, 0.1) is 11.9 Å². The molecule has 1 aromatic carbocycles. The maximum Gasteiger partial charge on any atom is 0.173 e. The predicted molar refractivity (Wildman–Crippen MR) is 62.4 cm³/mol. The molecule has 0 saturated heterocycles. The Bertz CT molecular complexity index is 330. The zero-order valence-electron chi connectivity index (χ0n) is 8.03. The molecular weight excluding hydrogens is 242 g/mol. The quantitative estimate of drug-likeness (QED) is 0.461. The number of carbonyl (C=O) groups is 1. The largest absolute Gasteiger partial charge is 0.293 e. The fourth-order valence-corrected chi connectivity index (χ4v) is 1.39. The molecule has 3 heteroatoms. The Morgan fingerprint density at radius 2 is 2.07 bits per heavy atom. The maximum absolute atomic E-state index is 11.3. The number of Topliss-reactive ketones (excluding diaryl/α,β-unsaturated/α-hetero) is 1. The second-order valence-electron chi connectivity index (χ2n) is 2.85. The molecule has 1 aromatic rings. The van der Waals surface area contributed by atoms with Crippen LogP contribution in [0.3, 0.4) is 0 Å². The molecule has 0 fully saturated rings. The lowest BCUT2D eigenvalue weighted by atomic mass is 10.1. The summed E-state index contributed by atoms with van der Waals surface area (Å²) >= 11 is 3.14. The van der Waals surface area contributed by atoms with Crippen molar-refractivity contribution in [3.63, 3.8) is 0 Å². The highest BCUT2D eigenvalue weighted by Crippen LogP contribution is 2.07.